The van der Waals surface area contributed by atoms with Gasteiger partial charge in [0.1, 0.15) is 5.75 Å². The summed E-state index contributed by atoms with van der Waals surface area (Å²) >= 11 is 0. The Hall–Kier alpha value is -0.980. The lowest BCUT2D eigenvalue weighted by Gasteiger charge is -2.08. The third-order valence-electron chi connectivity index (χ3n) is 2.11. The van der Waals surface area contributed by atoms with Gasteiger partial charge in [0.05, 0.1) is 6.61 Å². The number of ether oxygens (including phenoxy) is 1. The Bertz CT molecular complexity index is 266. The molecule has 0 saturated carbocycles. The topological polar surface area (TPSA) is 9.23 Å². The molecule has 1 aromatic rings. The number of benzene rings is 1. The maximum absolute atomic E-state index is 5.59. The number of rotatable bonds is 4. The average Bonchev–Trinajstić information content (AvgIpc) is 2.16. The van der Waals surface area contributed by atoms with E-state index in [0.717, 1.165) is 25.2 Å². The molecule has 0 spiro atoms. The Kier molecular flexibility index (Phi) is 3.81. The molecule has 0 atom stereocenters. The maximum Gasteiger partial charge on any atom is 0.122 e. The summed E-state index contributed by atoms with van der Waals surface area (Å²) in [6.07, 6.45) is 2.16. The highest BCUT2D eigenvalue weighted by molar-refractivity contribution is 5.36. The van der Waals surface area contributed by atoms with Crippen molar-refractivity contribution in [3.63, 3.8) is 0 Å². The van der Waals surface area contributed by atoms with Crippen LogP contribution in [0.4, 0.5) is 0 Å². The van der Waals surface area contributed by atoms with Gasteiger partial charge in [0, 0.05) is 0 Å². The van der Waals surface area contributed by atoms with E-state index in [9.17, 15) is 0 Å². The van der Waals surface area contributed by atoms with Crippen molar-refractivity contribution in [3.05, 3.63) is 29.3 Å². The minimum atomic E-state index is 0.812. The summed E-state index contributed by atoms with van der Waals surface area (Å²) in [6, 6.07) is 6.41. The first-order valence-electron chi connectivity index (χ1n) is 5.00. The van der Waals surface area contributed by atoms with Crippen molar-refractivity contribution < 1.29 is 4.74 Å². The lowest BCUT2D eigenvalue weighted by Crippen LogP contribution is -1.97. The summed E-state index contributed by atoms with van der Waals surface area (Å²) in [4.78, 5) is 0. The molecule has 0 aliphatic heterocycles. The average molecular weight is 178 g/mol. The maximum atomic E-state index is 5.59. The fraction of sp³-hybridized carbons (Fsp3) is 0.500. The molecule has 0 N–H and O–H groups in total. The van der Waals surface area contributed by atoms with E-state index in [2.05, 4.69) is 39.0 Å². The summed E-state index contributed by atoms with van der Waals surface area (Å²) < 4.78 is 5.59. The molecule has 1 nitrogen and oxygen atoms in total. The zero-order valence-electron chi connectivity index (χ0n) is 8.76. The van der Waals surface area contributed by atoms with E-state index in [4.69, 9.17) is 4.74 Å². The van der Waals surface area contributed by atoms with Gasteiger partial charge >= 0.3 is 0 Å². The van der Waals surface area contributed by atoms with E-state index in [1.165, 1.54) is 11.1 Å². The van der Waals surface area contributed by atoms with E-state index in [1.807, 2.05) is 0 Å². The van der Waals surface area contributed by atoms with Crippen LogP contribution in [0.3, 0.4) is 0 Å². The van der Waals surface area contributed by atoms with E-state index in [1.54, 1.807) is 0 Å². The summed E-state index contributed by atoms with van der Waals surface area (Å²) in [7, 11) is 0. The molecule has 0 unspecified atom stereocenters. The molecular formula is C12H18O. The van der Waals surface area contributed by atoms with E-state index in [0.29, 0.717) is 0 Å². The van der Waals surface area contributed by atoms with Gasteiger partial charge in [0.25, 0.3) is 0 Å². The standard InChI is InChI=1S/C12H18O/c1-4-8-13-12-7-6-11(5-2)9-10(12)3/h6-7,9H,4-5,8H2,1-3H3. The quantitative estimate of drug-likeness (QED) is 0.687. The largest absolute Gasteiger partial charge is 0.493 e. The van der Waals surface area contributed by atoms with Crippen molar-refractivity contribution in [2.24, 2.45) is 0 Å². The van der Waals surface area contributed by atoms with Gasteiger partial charge in [-0.15, -0.1) is 0 Å². The van der Waals surface area contributed by atoms with Crippen LogP contribution in [0.15, 0.2) is 18.2 Å². The normalized spacial score (nSPS) is 10.1. The molecular weight excluding hydrogens is 160 g/mol. The zero-order valence-corrected chi connectivity index (χ0v) is 8.76. The molecule has 72 valence electrons. The van der Waals surface area contributed by atoms with E-state index < -0.39 is 0 Å². The fourth-order valence-electron chi connectivity index (χ4n) is 1.31. The second kappa shape index (κ2) is 4.90. The van der Waals surface area contributed by atoms with Crippen molar-refractivity contribution in [1.29, 1.82) is 0 Å². The van der Waals surface area contributed by atoms with Crippen molar-refractivity contribution in [3.8, 4) is 5.75 Å². The van der Waals surface area contributed by atoms with Crippen LogP contribution in [0, 0.1) is 6.92 Å². The smallest absolute Gasteiger partial charge is 0.122 e. The fourth-order valence-corrected chi connectivity index (χ4v) is 1.31. The molecule has 13 heavy (non-hydrogen) atoms. The highest BCUT2D eigenvalue weighted by atomic mass is 16.5. The van der Waals surface area contributed by atoms with E-state index in [-0.39, 0.29) is 0 Å². The molecule has 0 radical (unpaired) electrons. The van der Waals surface area contributed by atoms with Crippen molar-refractivity contribution in [2.75, 3.05) is 6.61 Å². The van der Waals surface area contributed by atoms with Gasteiger partial charge in [-0.2, -0.15) is 0 Å². The first-order valence-corrected chi connectivity index (χ1v) is 5.00. The van der Waals surface area contributed by atoms with Crippen molar-refractivity contribution >= 4 is 0 Å². The summed E-state index contributed by atoms with van der Waals surface area (Å²) in [6.45, 7) is 7.20. The van der Waals surface area contributed by atoms with Crippen molar-refractivity contribution in [2.45, 2.75) is 33.6 Å². The minimum absolute atomic E-state index is 0.812. The SMILES string of the molecule is CCCOc1ccc(CC)cc1C. The molecule has 1 heteroatoms. The Morgan fingerprint density at radius 3 is 2.54 bits per heavy atom. The molecule has 0 aliphatic carbocycles. The molecule has 1 rings (SSSR count). The van der Waals surface area contributed by atoms with Gasteiger partial charge in [-0.1, -0.05) is 26.0 Å². The highest BCUT2D eigenvalue weighted by Gasteiger charge is 1.99. The molecule has 0 amide bonds. The molecule has 0 saturated heterocycles. The predicted octanol–water partition coefficient (Wildman–Crippen LogP) is 3.35. The number of hydrogen-bond donors (Lipinski definition) is 0. The van der Waals surface area contributed by atoms with Gasteiger partial charge in [-0.25, -0.2) is 0 Å². The highest BCUT2D eigenvalue weighted by Crippen LogP contribution is 2.19. The van der Waals surface area contributed by atoms with E-state index >= 15 is 0 Å². The molecule has 1 aromatic carbocycles. The van der Waals surface area contributed by atoms with Gasteiger partial charge < -0.3 is 4.74 Å². The second-order valence-electron chi connectivity index (χ2n) is 3.30. The Morgan fingerprint density at radius 1 is 1.23 bits per heavy atom. The Balaban J connectivity index is 2.73. The monoisotopic (exact) mass is 178 g/mol. The Labute approximate surface area is 80.7 Å². The third kappa shape index (κ3) is 2.76. The van der Waals surface area contributed by atoms with Crippen LogP contribution in [0.1, 0.15) is 31.4 Å². The third-order valence-corrected chi connectivity index (χ3v) is 2.11. The number of hydrogen-bond acceptors (Lipinski definition) is 1. The lowest BCUT2D eigenvalue weighted by molar-refractivity contribution is 0.315. The lowest BCUT2D eigenvalue weighted by atomic mass is 10.1. The summed E-state index contributed by atoms with van der Waals surface area (Å²) in [5.74, 6) is 1.03. The molecule has 0 aromatic heterocycles. The van der Waals surface area contributed by atoms with Crippen LogP contribution < -0.4 is 4.74 Å². The second-order valence-corrected chi connectivity index (χ2v) is 3.30. The first kappa shape index (κ1) is 10.1. The van der Waals surface area contributed by atoms with Crippen LogP contribution in [0.5, 0.6) is 5.75 Å². The van der Waals surface area contributed by atoms with Crippen LogP contribution in [-0.4, -0.2) is 6.61 Å². The first-order chi connectivity index (χ1) is 6.27. The van der Waals surface area contributed by atoms with Crippen LogP contribution in [-0.2, 0) is 6.42 Å². The Morgan fingerprint density at radius 2 is 2.00 bits per heavy atom. The molecule has 0 heterocycles. The molecule has 0 aliphatic rings. The van der Waals surface area contributed by atoms with Crippen LogP contribution in [0.25, 0.3) is 0 Å². The minimum Gasteiger partial charge on any atom is -0.493 e. The van der Waals surface area contributed by atoms with Gasteiger partial charge in [-0.05, 0) is 37.0 Å². The molecule has 0 fully saturated rings. The van der Waals surface area contributed by atoms with Gasteiger partial charge in [-0.3, -0.25) is 0 Å². The number of aryl methyl sites for hydroxylation is 2. The zero-order chi connectivity index (χ0) is 9.68. The van der Waals surface area contributed by atoms with Gasteiger partial charge in [0.2, 0.25) is 0 Å². The van der Waals surface area contributed by atoms with Crippen LogP contribution in [0.2, 0.25) is 0 Å². The predicted molar refractivity (Wildman–Crippen MR) is 56.3 cm³/mol. The summed E-state index contributed by atoms with van der Waals surface area (Å²) in [5, 5.41) is 0. The van der Waals surface area contributed by atoms with Gasteiger partial charge in [0.15, 0.2) is 0 Å². The van der Waals surface area contributed by atoms with Crippen LogP contribution >= 0.6 is 0 Å². The van der Waals surface area contributed by atoms with Crippen molar-refractivity contribution in [1.82, 2.24) is 0 Å². The molecule has 0 bridgehead atoms. The summed E-state index contributed by atoms with van der Waals surface area (Å²) in [5.41, 5.74) is 2.62.